The highest BCUT2D eigenvalue weighted by Gasteiger charge is 2.41. The molecule has 11 heteroatoms. The molecule has 1 amide bonds. The number of rotatable bonds is 8. The molecule has 5 aromatic rings. The molecule has 0 bridgehead atoms. The van der Waals surface area contributed by atoms with Crippen LogP contribution < -0.4 is 5.32 Å². The maximum Gasteiger partial charge on any atom is 0.311 e. The summed E-state index contributed by atoms with van der Waals surface area (Å²) in [4.78, 5) is 44.1. The Balaban J connectivity index is 1.27. The number of aromatic nitrogens is 6. The molecule has 11 nitrogen and oxygen atoms in total. The Labute approximate surface area is 242 Å². The van der Waals surface area contributed by atoms with Gasteiger partial charge in [0.05, 0.1) is 24.7 Å². The lowest BCUT2D eigenvalue weighted by Crippen LogP contribution is -2.30. The second-order valence-electron chi connectivity index (χ2n) is 10.5. The van der Waals surface area contributed by atoms with Crippen LogP contribution in [0.25, 0.3) is 33.5 Å². The predicted octanol–water partition coefficient (Wildman–Crippen LogP) is 3.86. The summed E-state index contributed by atoms with van der Waals surface area (Å²) in [5.41, 5.74) is 7.07. The Morgan fingerprint density at radius 3 is 2.79 bits per heavy atom. The molecular formula is C31H32N8O3. The number of H-pyrrole nitrogens is 2. The van der Waals surface area contributed by atoms with Gasteiger partial charge in [-0.15, -0.1) is 0 Å². The normalized spacial score (nSPS) is 16.7. The van der Waals surface area contributed by atoms with Crippen LogP contribution in [0.5, 0.6) is 0 Å². The van der Waals surface area contributed by atoms with E-state index < -0.39 is 5.92 Å². The summed E-state index contributed by atoms with van der Waals surface area (Å²) < 4.78 is 5.05. The molecule has 0 aliphatic carbocycles. The summed E-state index contributed by atoms with van der Waals surface area (Å²) in [7, 11) is 1.37. The maximum atomic E-state index is 13.6. The largest absolute Gasteiger partial charge is 0.469 e. The number of carbonyl (C=O) groups is 2. The molecule has 1 fully saturated rings. The number of esters is 1. The highest BCUT2D eigenvalue weighted by Crippen LogP contribution is 2.35. The van der Waals surface area contributed by atoms with Crippen LogP contribution in [0, 0.1) is 12.8 Å². The minimum absolute atomic E-state index is 0.208. The molecule has 2 atom stereocenters. The summed E-state index contributed by atoms with van der Waals surface area (Å²) in [5, 5.41) is 11.8. The van der Waals surface area contributed by atoms with Gasteiger partial charge >= 0.3 is 5.97 Å². The molecular weight excluding hydrogens is 532 g/mol. The standard InChI is InChI=1S/C31H32N8O3/c1-4-32-12-21-13-34-14-23(18(21)2)19-7-8-26-22(10-19)28(38-37-26)29-35-15-27(36-29)30(40)39-16-24(20-6-5-9-33-11-20)25(17-39)31(41)42-3/h5-11,13-15,24-25,32H,4,12,16-17H2,1-3H3,(H,35,36)(H,37,38)/t24-,25+/m1/s1. The second kappa shape index (κ2) is 11.5. The fourth-order valence-corrected chi connectivity index (χ4v) is 5.67. The van der Waals surface area contributed by atoms with E-state index in [2.05, 4.69) is 55.4 Å². The monoisotopic (exact) mass is 564 g/mol. The summed E-state index contributed by atoms with van der Waals surface area (Å²) in [5.74, 6) is -0.798. The zero-order valence-corrected chi connectivity index (χ0v) is 23.7. The maximum absolute atomic E-state index is 13.6. The first-order valence-corrected chi connectivity index (χ1v) is 13.9. The van der Waals surface area contributed by atoms with Crippen LogP contribution in [0.2, 0.25) is 0 Å². The van der Waals surface area contributed by atoms with Crippen molar-refractivity contribution in [2.24, 2.45) is 5.92 Å². The van der Waals surface area contributed by atoms with Crippen molar-refractivity contribution in [2.45, 2.75) is 26.3 Å². The van der Waals surface area contributed by atoms with E-state index in [0.29, 0.717) is 23.8 Å². The smallest absolute Gasteiger partial charge is 0.311 e. The number of imidazole rings is 1. The van der Waals surface area contributed by atoms with E-state index in [0.717, 1.165) is 46.2 Å². The zero-order chi connectivity index (χ0) is 29.2. The average Bonchev–Trinajstić information content (AvgIpc) is 3.78. The van der Waals surface area contributed by atoms with Gasteiger partial charge in [0.25, 0.3) is 5.91 Å². The molecule has 214 valence electrons. The van der Waals surface area contributed by atoms with Crippen molar-refractivity contribution in [3.8, 4) is 22.6 Å². The molecule has 0 unspecified atom stereocenters. The van der Waals surface area contributed by atoms with E-state index in [4.69, 9.17) is 4.74 Å². The van der Waals surface area contributed by atoms with Crippen LogP contribution in [-0.4, -0.2) is 73.7 Å². The Bertz CT molecular complexity index is 1750. The Hall–Kier alpha value is -4.90. The molecule has 1 saturated heterocycles. The van der Waals surface area contributed by atoms with Crippen molar-refractivity contribution >= 4 is 22.8 Å². The summed E-state index contributed by atoms with van der Waals surface area (Å²) >= 11 is 0. The highest BCUT2D eigenvalue weighted by molar-refractivity contribution is 5.97. The second-order valence-corrected chi connectivity index (χ2v) is 10.5. The molecule has 0 saturated carbocycles. The fourth-order valence-electron chi connectivity index (χ4n) is 5.67. The minimum atomic E-state index is -0.478. The number of hydrogen-bond acceptors (Lipinski definition) is 8. The SMILES string of the molecule is CCNCc1cncc(-c2ccc3[nH]nc(-c4ncc(C(=O)N5C[C@H](C(=O)OC)[C@@H](c6cccnc6)C5)[nH]4)c3c2)c1C. The first-order chi connectivity index (χ1) is 20.5. The molecule has 3 N–H and O–H groups in total. The zero-order valence-electron chi connectivity index (χ0n) is 23.7. The lowest BCUT2D eigenvalue weighted by Gasteiger charge is -2.15. The quantitative estimate of drug-likeness (QED) is 0.241. The van der Waals surface area contributed by atoms with Crippen molar-refractivity contribution in [2.75, 3.05) is 26.7 Å². The van der Waals surface area contributed by atoms with E-state index >= 15 is 0 Å². The topological polar surface area (TPSA) is 142 Å². The molecule has 5 heterocycles. The molecule has 4 aromatic heterocycles. The first kappa shape index (κ1) is 27.3. The molecule has 6 rings (SSSR count). The summed E-state index contributed by atoms with van der Waals surface area (Å²) in [6, 6.07) is 9.85. The van der Waals surface area contributed by atoms with Crippen molar-refractivity contribution in [1.82, 2.24) is 40.3 Å². The number of hydrogen-bond donors (Lipinski definition) is 3. The number of likely N-dealkylation sites (tertiary alicyclic amines) is 1. The molecule has 42 heavy (non-hydrogen) atoms. The predicted molar refractivity (Wildman–Crippen MR) is 157 cm³/mol. The fraction of sp³-hybridized carbons (Fsp3) is 0.290. The molecule has 0 radical (unpaired) electrons. The van der Waals surface area contributed by atoms with Crippen LogP contribution in [0.3, 0.4) is 0 Å². The molecule has 1 aliphatic rings. The van der Waals surface area contributed by atoms with Gasteiger partial charge in [0.1, 0.15) is 11.4 Å². The van der Waals surface area contributed by atoms with Crippen LogP contribution in [0.4, 0.5) is 0 Å². The van der Waals surface area contributed by atoms with E-state index in [1.807, 2.05) is 36.7 Å². The third-order valence-electron chi connectivity index (χ3n) is 8.01. The van der Waals surface area contributed by atoms with Crippen LogP contribution >= 0.6 is 0 Å². The van der Waals surface area contributed by atoms with Gasteiger partial charge < -0.3 is 19.9 Å². The number of fused-ring (bicyclic) bond motifs is 1. The Kier molecular flexibility index (Phi) is 7.49. The molecule has 0 spiro atoms. The van der Waals surface area contributed by atoms with Crippen molar-refractivity contribution in [3.05, 3.63) is 83.7 Å². The van der Waals surface area contributed by atoms with Crippen molar-refractivity contribution in [1.29, 1.82) is 0 Å². The molecule has 1 aromatic carbocycles. The number of carbonyl (C=O) groups excluding carboxylic acids is 2. The number of nitrogens with zero attached hydrogens (tertiary/aromatic N) is 5. The number of pyridine rings is 2. The van der Waals surface area contributed by atoms with E-state index in [1.54, 1.807) is 17.3 Å². The van der Waals surface area contributed by atoms with Gasteiger partial charge in [0.15, 0.2) is 5.82 Å². The van der Waals surface area contributed by atoms with Gasteiger partial charge in [-0.25, -0.2) is 4.98 Å². The van der Waals surface area contributed by atoms with E-state index in [1.165, 1.54) is 18.9 Å². The van der Waals surface area contributed by atoms with Crippen molar-refractivity contribution in [3.63, 3.8) is 0 Å². The third-order valence-corrected chi connectivity index (χ3v) is 8.01. The minimum Gasteiger partial charge on any atom is -0.469 e. The van der Waals surface area contributed by atoms with Crippen LogP contribution in [0.1, 0.15) is 40.0 Å². The number of methoxy groups -OCH3 is 1. The van der Waals surface area contributed by atoms with E-state index in [9.17, 15) is 9.59 Å². The lowest BCUT2D eigenvalue weighted by atomic mass is 9.90. The number of benzene rings is 1. The van der Waals surface area contributed by atoms with Crippen LogP contribution in [0.15, 0.2) is 61.3 Å². The van der Waals surface area contributed by atoms with E-state index in [-0.39, 0.29) is 24.3 Å². The van der Waals surface area contributed by atoms with Gasteiger partial charge in [-0.3, -0.25) is 24.7 Å². The number of nitrogens with one attached hydrogen (secondary N) is 3. The first-order valence-electron chi connectivity index (χ1n) is 13.9. The number of amides is 1. The lowest BCUT2D eigenvalue weighted by molar-refractivity contribution is -0.145. The highest BCUT2D eigenvalue weighted by atomic mass is 16.5. The molecule has 1 aliphatic heterocycles. The van der Waals surface area contributed by atoms with Gasteiger partial charge in [-0.05, 0) is 53.9 Å². The number of ether oxygens (including phenoxy) is 1. The van der Waals surface area contributed by atoms with Gasteiger partial charge in [-0.2, -0.15) is 5.10 Å². The van der Waals surface area contributed by atoms with Gasteiger partial charge in [-0.1, -0.05) is 19.1 Å². The third kappa shape index (κ3) is 5.03. The summed E-state index contributed by atoms with van der Waals surface area (Å²) in [6.45, 7) is 6.44. The summed E-state index contributed by atoms with van der Waals surface area (Å²) in [6.07, 6.45) is 8.71. The number of aromatic amines is 2. The van der Waals surface area contributed by atoms with Gasteiger partial charge in [0, 0.05) is 61.3 Å². The van der Waals surface area contributed by atoms with Gasteiger partial charge in [0.2, 0.25) is 0 Å². The Morgan fingerprint density at radius 2 is 2.00 bits per heavy atom. The van der Waals surface area contributed by atoms with Crippen LogP contribution in [-0.2, 0) is 16.1 Å². The average molecular weight is 565 g/mol. The van der Waals surface area contributed by atoms with Crippen molar-refractivity contribution < 1.29 is 14.3 Å². The Morgan fingerprint density at radius 1 is 1.12 bits per heavy atom.